The minimum absolute atomic E-state index is 0.655. The van der Waals surface area contributed by atoms with Crippen LogP contribution in [0, 0.1) is 5.92 Å². The molecule has 0 aliphatic rings. The third-order valence-electron chi connectivity index (χ3n) is 2.03. The summed E-state index contributed by atoms with van der Waals surface area (Å²) in [6.45, 7) is 10.3. The number of hydrogen-bond acceptors (Lipinski definition) is 3. The second-order valence-corrected chi connectivity index (χ2v) is 4.01. The second kappa shape index (κ2) is 8.76. The SMILES string of the molecule is C/C=C\N(N)c1ccc(CC(C)C)cn1.CC. The topological polar surface area (TPSA) is 42.1 Å². The number of hydrazine groups is 1. The summed E-state index contributed by atoms with van der Waals surface area (Å²) < 4.78 is 0. The lowest BCUT2D eigenvalue weighted by atomic mass is 10.1. The third kappa shape index (κ3) is 6.07. The zero-order valence-electron chi connectivity index (χ0n) is 11.6. The monoisotopic (exact) mass is 235 g/mol. The van der Waals surface area contributed by atoms with Gasteiger partial charge in [0.25, 0.3) is 0 Å². The van der Waals surface area contributed by atoms with Crippen LogP contribution in [0.4, 0.5) is 5.82 Å². The molecule has 0 aliphatic heterocycles. The van der Waals surface area contributed by atoms with Crippen molar-refractivity contribution in [3.8, 4) is 0 Å². The highest BCUT2D eigenvalue weighted by Gasteiger charge is 2.01. The Bertz CT molecular complexity index is 315. The molecule has 0 fully saturated rings. The van der Waals surface area contributed by atoms with E-state index in [0.717, 1.165) is 12.2 Å². The molecule has 0 aliphatic carbocycles. The summed E-state index contributed by atoms with van der Waals surface area (Å²) in [5.74, 6) is 7.16. The minimum Gasteiger partial charge on any atom is -0.270 e. The first-order valence-corrected chi connectivity index (χ1v) is 6.25. The average Bonchev–Trinajstić information content (AvgIpc) is 2.32. The van der Waals surface area contributed by atoms with Crippen molar-refractivity contribution in [2.75, 3.05) is 5.01 Å². The van der Waals surface area contributed by atoms with Crippen LogP contribution in [0.2, 0.25) is 0 Å². The van der Waals surface area contributed by atoms with E-state index in [2.05, 4.69) is 24.9 Å². The van der Waals surface area contributed by atoms with Gasteiger partial charge in [-0.2, -0.15) is 0 Å². The van der Waals surface area contributed by atoms with Crippen LogP contribution < -0.4 is 10.9 Å². The molecule has 2 N–H and O–H groups in total. The molecule has 3 heteroatoms. The van der Waals surface area contributed by atoms with Gasteiger partial charge >= 0.3 is 0 Å². The molecule has 96 valence electrons. The number of allylic oxidation sites excluding steroid dienone is 1. The predicted octanol–water partition coefficient (Wildman–Crippen LogP) is 3.52. The van der Waals surface area contributed by atoms with E-state index < -0.39 is 0 Å². The molecule has 0 unspecified atom stereocenters. The van der Waals surface area contributed by atoms with Crippen LogP contribution in [-0.2, 0) is 6.42 Å². The highest BCUT2D eigenvalue weighted by Crippen LogP contribution is 2.11. The molecule has 0 spiro atoms. The molecule has 0 radical (unpaired) electrons. The molecule has 0 amide bonds. The quantitative estimate of drug-likeness (QED) is 0.641. The number of aromatic nitrogens is 1. The van der Waals surface area contributed by atoms with Crippen LogP contribution in [0.5, 0.6) is 0 Å². The van der Waals surface area contributed by atoms with Gasteiger partial charge in [-0.15, -0.1) is 0 Å². The Hall–Kier alpha value is -1.35. The van der Waals surface area contributed by atoms with E-state index >= 15 is 0 Å². The van der Waals surface area contributed by atoms with Crippen LogP contribution in [0.3, 0.4) is 0 Å². The Balaban J connectivity index is 0.00000121. The fraction of sp³-hybridized carbons (Fsp3) is 0.500. The predicted molar refractivity (Wildman–Crippen MR) is 75.6 cm³/mol. The van der Waals surface area contributed by atoms with Crippen molar-refractivity contribution in [1.82, 2.24) is 4.98 Å². The van der Waals surface area contributed by atoms with Crippen LogP contribution in [0.25, 0.3) is 0 Å². The van der Waals surface area contributed by atoms with Gasteiger partial charge in [0.15, 0.2) is 0 Å². The second-order valence-electron chi connectivity index (χ2n) is 4.01. The number of hydrogen-bond donors (Lipinski definition) is 1. The molecule has 3 nitrogen and oxygen atoms in total. The molecule has 0 saturated heterocycles. The first kappa shape index (κ1) is 15.7. The lowest BCUT2D eigenvalue weighted by Crippen LogP contribution is -2.24. The first-order chi connectivity index (χ1) is 8.13. The van der Waals surface area contributed by atoms with Gasteiger partial charge in [0.2, 0.25) is 0 Å². The molecule has 17 heavy (non-hydrogen) atoms. The molecule has 1 heterocycles. The Kier molecular flexibility index (Phi) is 8.07. The summed E-state index contributed by atoms with van der Waals surface area (Å²) in [6, 6.07) is 4.02. The molecular weight excluding hydrogens is 210 g/mol. The van der Waals surface area contributed by atoms with Crippen molar-refractivity contribution in [1.29, 1.82) is 0 Å². The van der Waals surface area contributed by atoms with Gasteiger partial charge in [0, 0.05) is 12.4 Å². The summed E-state index contributed by atoms with van der Waals surface area (Å²) in [6.07, 6.45) is 6.61. The third-order valence-corrected chi connectivity index (χ3v) is 2.03. The van der Waals surface area contributed by atoms with E-state index in [9.17, 15) is 0 Å². The van der Waals surface area contributed by atoms with Crippen molar-refractivity contribution in [2.45, 2.75) is 41.0 Å². The van der Waals surface area contributed by atoms with E-state index in [1.807, 2.05) is 39.1 Å². The number of pyridine rings is 1. The Morgan fingerprint density at radius 2 is 2.00 bits per heavy atom. The number of rotatable bonds is 4. The lowest BCUT2D eigenvalue weighted by Gasteiger charge is -2.12. The Labute approximate surface area is 105 Å². The van der Waals surface area contributed by atoms with Crippen molar-refractivity contribution in [3.63, 3.8) is 0 Å². The van der Waals surface area contributed by atoms with E-state index in [-0.39, 0.29) is 0 Å². The number of anilines is 1. The smallest absolute Gasteiger partial charge is 0.146 e. The van der Waals surface area contributed by atoms with Crippen molar-refractivity contribution in [3.05, 3.63) is 36.2 Å². The highest BCUT2D eigenvalue weighted by molar-refractivity contribution is 5.40. The van der Waals surface area contributed by atoms with E-state index in [1.165, 1.54) is 10.6 Å². The normalized spacial score (nSPS) is 10.3. The largest absolute Gasteiger partial charge is 0.270 e. The average molecular weight is 235 g/mol. The van der Waals surface area contributed by atoms with Crippen LogP contribution in [0.1, 0.15) is 40.2 Å². The first-order valence-electron chi connectivity index (χ1n) is 6.25. The van der Waals surface area contributed by atoms with Gasteiger partial charge in [-0.05, 0) is 30.9 Å². The molecule has 0 aromatic carbocycles. The van der Waals surface area contributed by atoms with Crippen molar-refractivity contribution in [2.24, 2.45) is 11.8 Å². The minimum atomic E-state index is 0.655. The molecule has 0 saturated carbocycles. The fourth-order valence-electron chi connectivity index (χ4n) is 1.40. The maximum Gasteiger partial charge on any atom is 0.146 e. The summed E-state index contributed by atoms with van der Waals surface area (Å²) in [4.78, 5) is 4.30. The summed E-state index contributed by atoms with van der Waals surface area (Å²) in [5, 5.41) is 1.51. The summed E-state index contributed by atoms with van der Waals surface area (Å²) in [5.41, 5.74) is 1.25. The lowest BCUT2D eigenvalue weighted by molar-refractivity contribution is 0.645. The number of nitrogens with zero attached hydrogens (tertiary/aromatic N) is 2. The molecule has 1 rings (SSSR count). The van der Waals surface area contributed by atoms with Gasteiger partial charge < -0.3 is 0 Å². The molecular formula is C14H25N3. The zero-order chi connectivity index (χ0) is 13.3. The van der Waals surface area contributed by atoms with E-state index in [1.54, 1.807) is 6.20 Å². The van der Waals surface area contributed by atoms with Gasteiger partial charge in [-0.3, -0.25) is 5.01 Å². The van der Waals surface area contributed by atoms with Gasteiger partial charge in [-0.25, -0.2) is 10.8 Å². The summed E-state index contributed by atoms with van der Waals surface area (Å²) in [7, 11) is 0. The van der Waals surface area contributed by atoms with Gasteiger partial charge in [0.1, 0.15) is 5.82 Å². The van der Waals surface area contributed by atoms with Gasteiger partial charge in [-0.1, -0.05) is 39.8 Å². The Morgan fingerprint density at radius 3 is 2.41 bits per heavy atom. The highest BCUT2D eigenvalue weighted by atomic mass is 15.4. The van der Waals surface area contributed by atoms with E-state index in [0.29, 0.717) is 5.92 Å². The van der Waals surface area contributed by atoms with Crippen molar-refractivity contribution < 1.29 is 0 Å². The summed E-state index contributed by atoms with van der Waals surface area (Å²) >= 11 is 0. The maximum absolute atomic E-state index is 5.74. The standard InChI is InChI=1S/C12H19N3.C2H6/c1-4-7-15(13)12-6-5-11(9-14-12)8-10(2)3;1-2/h4-7,9-10H,8,13H2,1-3H3;1-2H3/b7-4-;. The van der Waals surface area contributed by atoms with Crippen LogP contribution in [-0.4, -0.2) is 4.98 Å². The number of nitrogens with two attached hydrogens (primary N) is 1. The van der Waals surface area contributed by atoms with Crippen molar-refractivity contribution >= 4 is 5.82 Å². The molecule has 1 aromatic heterocycles. The molecule has 0 bridgehead atoms. The van der Waals surface area contributed by atoms with Crippen LogP contribution >= 0.6 is 0 Å². The van der Waals surface area contributed by atoms with Crippen LogP contribution in [0.15, 0.2) is 30.6 Å². The van der Waals surface area contributed by atoms with E-state index in [4.69, 9.17) is 5.84 Å². The zero-order valence-corrected chi connectivity index (χ0v) is 11.6. The maximum atomic E-state index is 5.74. The Morgan fingerprint density at radius 1 is 1.35 bits per heavy atom. The molecule has 1 aromatic rings. The molecule has 0 atom stereocenters. The van der Waals surface area contributed by atoms with Gasteiger partial charge in [0.05, 0.1) is 0 Å². The fourth-order valence-corrected chi connectivity index (χ4v) is 1.40.